The molecular weight excluding hydrogens is 268 g/mol. The second kappa shape index (κ2) is 7.44. The van der Waals surface area contributed by atoms with Crippen molar-refractivity contribution in [2.75, 3.05) is 6.61 Å². The van der Waals surface area contributed by atoms with E-state index < -0.39 is 17.4 Å². The van der Waals surface area contributed by atoms with E-state index in [9.17, 15) is 9.59 Å². The summed E-state index contributed by atoms with van der Waals surface area (Å²) in [5.74, 6) is -1.000. The SMILES string of the molecule is CC(C)C(C)(C#N)NC(=O)COC(=O)Cc1ccccc1. The molecule has 0 aliphatic heterocycles. The van der Waals surface area contributed by atoms with Gasteiger partial charge in [-0.15, -0.1) is 0 Å². The second-order valence-electron chi connectivity index (χ2n) is 5.34. The summed E-state index contributed by atoms with van der Waals surface area (Å²) in [6, 6.07) is 11.2. The van der Waals surface area contributed by atoms with Gasteiger partial charge in [0.15, 0.2) is 6.61 Å². The van der Waals surface area contributed by atoms with E-state index in [0.29, 0.717) is 0 Å². The number of benzene rings is 1. The first-order valence-corrected chi connectivity index (χ1v) is 6.79. The Kier molecular flexibility index (Phi) is 5.92. The molecule has 0 aliphatic rings. The number of carbonyl (C=O) groups is 2. The lowest BCUT2D eigenvalue weighted by atomic mass is 9.90. The lowest BCUT2D eigenvalue weighted by Crippen LogP contribution is -2.50. The van der Waals surface area contributed by atoms with Gasteiger partial charge in [0.25, 0.3) is 5.91 Å². The monoisotopic (exact) mass is 288 g/mol. The van der Waals surface area contributed by atoms with E-state index >= 15 is 0 Å². The van der Waals surface area contributed by atoms with Gasteiger partial charge < -0.3 is 10.1 Å². The van der Waals surface area contributed by atoms with Gasteiger partial charge in [0, 0.05) is 0 Å². The topological polar surface area (TPSA) is 79.2 Å². The summed E-state index contributed by atoms with van der Waals surface area (Å²) in [7, 11) is 0. The van der Waals surface area contributed by atoms with Gasteiger partial charge in [0.05, 0.1) is 12.5 Å². The zero-order valence-corrected chi connectivity index (χ0v) is 12.6. The lowest BCUT2D eigenvalue weighted by Gasteiger charge is -2.27. The van der Waals surface area contributed by atoms with Crippen molar-refractivity contribution < 1.29 is 14.3 Å². The van der Waals surface area contributed by atoms with Crippen LogP contribution < -0.4 is 5.32 Å². The molecule has 112 valence electrons. The molecule has 5 heteroatoms. The molecule has 0 bridgehead atoms. The van der Waals surface area contributed by atoms with Crippen molar-refractivity contribution in [3.8, 4) is 6.07 Å². The van der Waals surface area contributed by atoms with E-state index in [0.717, 1.165) is 5.56 Å². The van der Waals surface area contributed by atoms with Crippen molar-refractivity contribution in [2.45, 2.75) is 32.7 Å². The smallest absolute Gasteiger partial charge is 0.310 e. The number of carbonyl (C=O) groups excluding carboxylic acids is 2. The molecule has 0 saturated carbocycles. The summed E-state index contributed by atoms with van der Waals surface area (Å²) >= 11 is 0. The van der Waals surface area contributed by atoms with Crippen LogP contribution in [0.1, 0.15) is 26.3 Å². The van der Waals surface area contributed by atoms with Gasteiger partial charge in [-0.25, -0.2) is 0 Å². The Morgan fingerprint density at radius 1 is 1.33 bits per heavy atom. The molecule has 0 fully saturated rings. The number of rotatable bonds is 6. The predicted octanol–water partition coefficient (Wildman–Crippen LogP) is 1.83. The molecule has 1 N–H and O–H groups in total. The normalized spacial score (nSPS) is 13.1. The van der Waals surface area contributed by atoms with E-state index in [4.69, 9.17) is 10.00 Å². The van der Waals surface area contributed by atoms with Crippen molar-refractivity contribution in [2.24, 2.45) is 5.92 Å². The Hall–Kier alpha value is -2.35. The minimum Gasteiger partial charge on any atom is -0.455 e. The lowest BCUT2D eigenvalue weighted by molar-refractivity contribution is -0.148. The molecule has 1 aromatic carbocycles. The maximum absolute atomic E-state index is 11.7. The molecular formula is C16H20N2O3. The van der Waals surface area contributed by atoms with Crippen LogP contribution in [-0.4, -0.2) is 24.0 Å². The van der Waals surface area contributed by atoms with Crippen LogP contribution in [0.3, 0.4) is 0 Å². The molecule has 1 atom stereocenters. The summed E-state index contributed by atoms with van der Waals surface area (Å²) in [5.41, 5.74) is -0.143. The molecule has 1 unspecified atom stereocenters. The highest BCUT2D eigenvalue weighted by Crippen LogP contribution is 2.14. The quantitative estimate of drug-likeness (QED) is 0.810. The second-order valence-corrected chi connectivity index (χ2v) is 5.34. The number of hydrogen-bond acceptors (Lipinski definition) is 4. The fourth-order valence-corrected chi connectivity index (χ4v) is 1.59. The van der Waals surface area contributed by atoms with Gasteiger partial charge in [-0.05, 0) is 18.4 Å². The highest BCUT2D eigenvalue weighted by molar-refractivity contribution is 5.82. The molecule has 0 aromatic heterocycles. The molecule has 1 rings (SSSR count). The van der Waals surface area contributed by atoms with Gasteiger partial charge in [-0.2, -0.15) is 5.26 Å². The van der Waals surface area contributed by atoms with Crippen molar-refractivity contribution in [1.29, 1.82) is 5.26 Å². The highest BCUT2D eigenvalue weighted by Gasteiger charge is 2.30. The molecule has 0 heterocycles. The predicted molar refractivity (Wildman–Crippen MR) is 78.1 cm³/mol. The first kappa shape index (κ1) is 16.7. The Morgan fingerprint density at radius 3 is 2.48 bits per heavy atom. The Balaban J connectivity index is 2.43. The van der Waals surface area contributed by atoms with Crippen LogP contribution in [0.4, 0.5) is 0 Å². The third-order valence-corrected chi connectivity index (χ3v) is 3.34. The molecule has 21 heavy (non-hydrogen) atoms. The minimum absolute atomic E-state index is 0.0496. The Morgan fingerprint density at radius 2 is 1.95 bits per heavy atom. The number of nitrogens with one attached hydrogen (secondary N) is 1. The number of esters is 1. The van der Waals surface area contributed by atoms with Gasteiger partial charge in [0.1, 0.15) is 5.54 Å². The summed E-state index contributed by atoms with van der Waals surface area (Å²) in [4.78, 5) is 23.4. The van der Waals surface area contributed by atoms with Crippen molar-refractivity contribution >= 4 is 11.9 Å². The average molecular weight is 288 g/mol. The van der Waals surface area contributed by atoms with Gasteiger partial charge in [0.2, 0.25) is 0 Å². The van der Waals surface area contributed by atoms with Crippen LogP contribution in [0.25, 0.3) is 0 Å². The minimum atomic E-state index is -0.969. The highest BCUT2D eigenvalue weighted by atomic mass is 16.5. The standard InChI is InChI=1S/C16H20N2O3/c1-12(2)16(3,11-17)18-14(19)10-21-15(20)9-13-7-5-4-6-8-13/h4-8,12H,9-10H2,1-3H3,(H,18,19). The number of nitrogens with zero attached hydrogens (tertiary/aromatic N) is 1. The van der Waals surface area contributed by atoms with E-state index in [1.165, 1.54) is 0 Å². The number of nitriles is 1. The third kappa shape index (κ3) is 5.27. The largest absolute Gasteiger partial charge is 0.455 e. The summed E-state index contributed by atoms with van der Waals surface area (Å²) in [5, 5.41) is 11.7. The summed E-state index contributed by atoms with van der Waals surface area (Å²) in [6.07, 6.45) is 0.119. The first-order valence-electron chi connectivity index (χ1n) is 6.79. The van der Waals surface area contributed by atoms with Crippen LogP contribution in [0.15, 0.2) is 30.3 Å². The molecule has 1 amide bonds. The van der Waals surface area contributed by atoms with Gasteiger partial charge in [-0.3, -0.25) is 9.59 Å². The van der Waals surface area contributed by atoms with Gasteiger partial charge >= 0.3 is 5.97 Å². The van der Waals surface area contributed by atoms with Crippen LogP contribution in [-0.2, 0) is 20.7 Å². The van der Waals surface area contributed by atoms with E-state index in [-0.39, 0.29) is 18.9 Å². The maximum atomic E-state index is 11.7. The van der Waals surface area contributed by atoms with Crippen LogP contribution in [0, 0.1) is 17.2 Å². The zero-order chi connectivity index (χ0) is 15.9. The van der Waals surface area contributed by atoms with E-state index in [1.807, 2.05) is 44.2 Å². The summed E-state index contributed by atoms with van der Waals surface area (Å²) in [6.45, 7) is 4.94. The summed E-state index contributed by atoms with van der Waals surface area (Å²) < 4.78 is 4.92. The third-order valence-electron chi connectivity index (χ3n) is 3.34. The number of amides is 1. The Labute approximate surface area is 124 Å². The molecule has 0 aliphatic carbocycles. The molecule has 5 nitrogen and oxygen atoms in total. The van der Waals surface area contributed by atoms with Crippen LogP contribution in [0.2, 0.25) is 0 Å². The first-order chi connectivity index (χ1) is 9.87. The fourth-order valence-electron chi connectivity index (χ4n) is 1.59. The molecule has 0 radical (unpaired) electrons. The maximum Gasteiger partial charge on any atom is 0.310 e. The number of ether oxygens (including phenoxy) is 1. The van der Waals surface area contributed by atoms with Gasteiger partial charge in [-0.1, -0.05) is 44.2 Å². The molecule has 0 spiro atoms. The molecule has 0 saturated heterocycles. The fraction of sp³-hybridized carbons (Fsp3) is 0.438. The van der Waals surface area contributed by atoms with Crippen LogP contribution in [0.5, 0.6) is 0 Å². The van der Waals surface area contributed by atoms with E-state index in [2.05, 4.69) is 11.4 Å². The van der Waals surface area contributed by atoms with Crippen LogP contribution >= 0.6 is 0 Å². The van der Waals surface area contributed by atoms with Crippen molar-refractivity contribution in [3.05, 3.63) is 35.9 Å². The molecule has 1 aromatic rings. The Bertz CT molecular complexity index is 534. The zero-order valence-electron chi connectivity index (χ0n) is 12.6. The average Bonchev–Trinajstić information content (AvgIpc) is 2.46. The number of hydrogen-bond donors (Lipinski definition) is 1. The van der Waals surface area contributed by atoms with E-state index in [1.54, 1.807) is 6.92 Å². The van der Waals surface area contributed by atoms with Crippen molar-refractivity contribution in [1.82, 2.24) is 5.32 Å². The van der Waals surface area contributed by atoms with Crippen molar-refractivity contribution in [3.63, 3.8) is 0 Å².